The highest BCUT2D eigenvalue weighted by atomic mass is 32.1. The number of aliphatic hydroxyl groups is 2. The number of carboxylic acid groups (broad SMARTS) is 1. The van der Waals surface area contributed by atoms with E-state index in [0.717, 1.165) is 17.8 Å². The number of carbonyl (C=O) groups is 20. The van der Waals surface area contributed by atoms with Gasteiger partial charge in [0.15, 0.2) is 0 Å². The van der Waals surface area contributed by atoms with Gasteiger partial charge in [-0.05, 0) is 87.2 Å². The van der Waals surface area contributed by atoms with Crippen molar-refractivity contribution in [3.05, 3.63) is 36.0 Å². The van der Waals surface area contributed by atoms with Gasteiger partial charge < -0.3 is 127 Å². The number of hydrogen-bond donors (Lipinski definition) is 26. The van der Waals surface area contributed by atoms with E-state index in [9.17, 15) is 111 Å². The minimum absolute atomic E-state index is 0.00301. The molecule has 0 fully saturated rings. The summed E-state index contributed by atoms with van der Waals surface area (Å²) in [7, 11) is 0. The summed E-state index contributed by atoms with van der Waals surface area (Å²) >= 11 is 8.34. The van der Waals surface area contributed by atoms with Crippen LogP contribution in [0.1, 0.15) is 143 Å². The molecule has 0 aliphatic carbocycles. The lowest BCUT2D eigenvalue weighted by Crippen LogP contribution is -2.61. The molecule has 0 saturated carbocycles. The van der Waals surface area contributed by atoms with Gasteiger partial charge in [-0.25, -0.2) is 4.79 Å². The van der Waals surface area contributed by atoms with E-state index in [1.807, 2.05) is 24.3 Å². The zero-order chi connectivity index (χ0) is 95.4. The van der Waals surface area contributed by atoms with Crippen molar-refractivity contribution in [1.29, 1.82) is 0 Å². The van der Waals surface area contributed by atoms with E-state index in [1.54, 1.807) is 103 Å². The number of nitrogens with one attached hydrogen (secondary N) is 20. The van der Waals surface area contributed by atoms with Crippen molar-refractivity contribution in [2.75, 3.05) is 50.8 Å². The molecule has 15 atom stereocenters. The van der Waals surface area contributed by atoms with E-state index in [-0.39, 0.29) is 30.3 Å². The molecular formula is C79H129N21O23S2. The molecule has 0 radical (unpaired) electrons. The van der Waals surface area contributed by atoms with Gasteiger partial charge >= 0.3 is 5.97 Å². The SMILES string of the molecule is CC(C)CC(NC(=O)C(NC(=O)C(NC(=O)CC(C)(O)NC(=O)CNC(=O)C(CS)NC(=O)C(C)NC(=O)CNC(=O)C(NC(=O)C(CS)NC(=O)C(C)NC(=O)C(NC(=O)C(Cc1c[nH]c2ccccc12)NC(=O)CN)C(C)C)C(C)C)C(C)C)C(C)C)C(=O)NC(C)C(=O)NC(CO)C(=O)NCC(=O)NCC(=O)NC(C(=O)NC(C(=O)O)C(C)C)C(C)C. The van der Waals surface area contributed by atoms with Crippen LogP contribution in [0.25, 0.3) is 10.9 Å². The number of hydrogen-bond acceptors (Lipinski definition) is 25. The summed E-state index contributed by atoms with van der Waals surface area (Å²) in [5, 5.41) is 77.4. The number of aromatic amines is 1. The zero-order valence-electron chi connectivity index (χ0n) is 73.8. The number of benzene rings is 1. The summed E-state index contributed by atoms with van der Waals surface area (Å²) in [6.07, 6.45) is 0.866. The van der Waals surface area contributed by atoms with Crippen molar-refractivity contribution < 1.29 is 111 Å². The predicted octanol–water partition coefficient (Wildman–Crippen LogP) is -6.89. The van der Waals surface area contributed by atoms with E-state index >= 15 is 0 Å². The Balaban J connectivity index is 1.96. The molecule has 0 aliphatic rings. The van der Waals surface area contributed by atoms with E-state index in [0.29, 0.717) is 5.56 Å². The fraction of sp³-hybridized carbons (Fsp3) is 0.646. The van der Waals surface area contributed by atoms with Crippen LogP contribution in [0.5, 0.6) is 0 Å². The molecule has 1 heterocycles. The summed E-state index contributed by atoms with van der Waals surface area (Å²) in [5.74, 6) is -22.2. The normalized spacial score (nSPS) is 15.2. The summed E-state index contributed by atoms with van der Waals surface area (Å²) in [4.78, 5) is 268. The molecule has 700 valence electrons. The molecule has 2 aromatic rings. The number of aliphatic carboxylic acids is 1. The second-order valence-corrected chi connectivity index (χ2v) is 33.6. The molecule has 0 saturated heterocycles. The summed E-state index contributed by atoms with van der Waals surface area (Å²) in [6.45, 7) is 23.0. The lowest BCUT2D eigenvalue weighted by atomic mass is 9.98. The number of carbonyl (C=O) groups excluding carboxylic acids is 19. The van der Waals surface area contributed by atoms with Crippen LogP contribution in [0, 0.1) is 41.4 Å². The van der Waals surface area contributed by atoms with Crippen LogP contribution < -0.4 is 107 Å². The Bertz CT molecular complexity index is 4120. The van der Waals surface area contributed by atoms with Gasteiger partial charge in [-0.3, -0.25) is 91.1 Å². The number of para-hydroxylation sites is 1. The molecule has 15 unspecified atom stereocenters. The molecule has 0 bridgehead atoms. The fourth-order valence-electron chi connectivity index (χ4n) is 12.0. The van der Waals surface area contributed by atoms with Crippen molar-refractivity contribution in [2.24, 2.45) is 47.2 Å². The maximum atomic E-state index is 14.0. The topological polar surface area (TPSA) is 672 Å². The van der Waals surface area contributed by atoms with Gasteiger partial charge in [-0.1, -0.05) is 115 Å². The number of fused-ring (bicyclic) bond motifs is 1. The molecule has 0 spiro atoms. The first kappa shape index (κ1) is 110. The fourth-order valence-corrected chi connectivity index (χ4v) is 12.5. The van der Waals surface area contributed by atoms with Crippen molar-refractivity contribution in [2.45, 2.75) is 234 Å². The quantitative estimate of drug-likeness (QED) is 0.0216. The smallest absolute Gasteiger partial charge is 0.326 e. The maximum absolute atomic E-state index is 14.0. The molecule has 44 nitrogen and oxygen atoms in total. The Labute approximate surface area is 736 Å². The van der Waals surface area contributed by atoms with E-state index in [2.05, 4.69) is 131 Å². The third-order valence-electron chi connectivity index (χ3n) is 19.1. The third kappa shape index (κ3) is 38.0. The molecule has 46 heteroatoms. The van der Waals surface area contributed by atoms with E-state index < -0.39 is 290 Å². The predicted molar refractivity (Wildman–Crippen MR) is 461 cm³/mol. The second kappa shape index (κ2) is 53.2. The van der Waals surface area contributed by atoms with Crippen molar-refractivity contribution in [3.63, 3.8) is 0 Å². The monoisotopic (exact) mass is 1800 g/mol. The average Bonchev–Trinajstić information content (AvgIpc) is 1.70. The first-order chi connectivity index (χ1) is 58.2. The summed E-state index contributed by atoms with van der Waals surface area (Å²) in [6, 6.07) is -11.4. The van der Waals surface area contributed by atoms with Crippen molar-refractivity contribution in [1.82, 2.24) is 106 Å². The Morgan fingerprint density at radius 1 is 0.376 bits per heavy atom. The van der Waals surface area contributed by atoms with Crippen LogP contribution in [0.15, 0.2) is 30.5 Å². The first-order valence-electron chi connectivity index (χ1n) is 40.9. The molecular weight excluding hydrogens is 1680 g/mol. The number of H-pyrrole nitrogens is 1. The first-order valence-corrected chi connectivity index (χ1v) is 42.1. The molecule has 1 aromatic heterocycles. The van der Waals surface area contributed by atoms with Crippen LogP contribution in [0.2, 0.25) is 0 Å². The van der Waals surface area contributed by atoms with Crippen molar-refractivity contribution >= 4 is 154 Å². The molecule has 0 aliphatic heterocycles. The number of aromatic nitrogens is 1. The number of thiol groups is 2. The highest BCUT2D eigenvalue weighted by Crippen LogP contribution is 2.21. The maximum Gasteiger partial charge on any atom is 0.326 e. The van der Waals surface area contributed by atoms with Crippen molar-refractivity contribution in [3.8, 4) is 0 Å². The Hall–Kier alpha value is -11.3. The summed E-state index contributed by atoms with van der Waals surface area (Å²) < 4.78 is 0. The van der Waals surface area contributed by atoms with Gasteiger partial charge in [0.1, 0.15) is 90.3 Å². The second-order valence-electron chi connectivity index (χ2n) is 32.8. The Morgan fingerprint density at radius 3 is 1.22 bits per heavy atom. The third-order valence-corrected chi connectivity index (χ3v) is 19.9. The molecule has 1 aromatic carbocycles. The highest BCUT2D eigenvalue weighted by molar-refractivity contribution is 7.80. The molecule has 125 heavy (non-hydrogen) atoms. The Kier molecular flexibility index (Phi) is 46.7. The number of carboxylic acids is 1. The minimum atomic E-state index is -2.33. The molecule has 25 N–H and O–H groups in total. The lowest BCUT2D eigenvalue weighted by Gasteiger charge is -2.30. The van der Waals surface area contributed by atoms with Gasteiger partial charge in [0.2, 0.25) is 112 Å². The van der Waals surface area contributed by atoms with Crippen LogP contribution in [0.3, 0.4) is 0 Å². The van der Waals surface area contributed by atoms with Gasteiger partial charge in [0.05, 0.1) is 45.8 Å². The largest absolute Gasteiger partial charge is 0.480 e. The van der Waals surface area contributed by atoms with Gasteiger partial charge in [0.25, 0.3) is 0 Å². The Morgan fingerprint density at radius 2 is 0.736 bits per heavy atom. The average molecular weight is 1810 g/mol. The highest BCUT2D eigenvalue weighted by Gasteiger charge is 2.39. The lowest BCUT2D eigenvalue weighted by molar-refractivity contribution is -0.144. The number of aliphatic hydroxyl groups excluding tert-OH is 1. The zero-order valence-corrected chi connectivity index (χ0v) is 75.6. The van der Waals surface area contributed by atoms with E-state index in [4.69, 9.17) is 5.73 Å². The number of amides is 19. The van der Waals surface area contributed by atoms with Crippen LogP contribution in [-0.4, -0.2) is 280 Å². The molecule has 2 rings (SSSR count). The number of nitrogens with two attached hydrogens (primary N) is 1. The standard InChI is InChI=1S/C79H129N21O23S2/c1-35(2)23-48(70(113)87-43(16)66(109)91-50(32-101)68(111)83-28-55(104)82-29-57(106)95-61(38(7)8)77(120)99-64(41(13)14)78(121)122)90-75(118)63(40(11)12)98-76(119)60(37(5)6)94-53(102)25-79(18,123)100-58(107)31-84-69(112)51(33-124)92-65(108)42(15)86-56(105)30-85-73(116)59(36(3)4)96-72(115)52(34-125)93-67(110)44(17)88-74(117)62(39(9)10)97-71(114)49(89-54(103)26-80)24-45-27-81-47-22-20-19-21-46(45)47/h19-22,27,35-44,48-52,59-64,81,101,123-125H,23-26,28-34,80H2,1-18H3,(H,82,104)(H,83,111)(H,84,112)(H,85,116)(H,86,105)(H,87,113)(H,88,117)(H,89,103)(H,90,118)(H,91,109)(H,92,108)(H,93,110)(H,94,102)(H,95,106)(H,96,115)(H,97,114)(H,98,119)(H,99,120)(H,100,107)(H,121,122). The van der Waals surface area contributed by atoms with Gasteiger partial charge in [-0.2, -0.15) is 25.3 Å². The molecule has 19 amide bonds. The van der Waals surface area contributed by atoms with Crippen LogP contribution in [-0.2, 0) is 102 Å². The minimum Gasteiger partial charge on any atom is -0.480 e. The van der Waals surface area contributed by atoms with Crippen LogP contribution >= 0.6 is 25.3 Å². The van der Waals surface area contributed by atoms with Gasteiger partial charge in [-0.15, -0.1) is 0 Å². The van der Waals surface area contributed by atoms with Gasteiger partial charge in [0, 0.05) is 35.0 Å². The van der Waals surface area contributed by atoms with E-state index in [1.165, 1.54) is 20.8 Å². The number of rotatable bonds is 53. The summed E-state index contributed by atoms with van der Waals surface area (Å²) in [5.41, 5.74) is 4.72. The van der Waals surface area contributed by atoms with Crippen LogP contribution in [0.4, 0.5) is 0 Å².